The van der Waals surface area contributed by atoms with Gasteiger partial charge in [-0.3, -0.25) is 4.79 Å². The molecule has 1 unspecified atom stereocenters. The van der Waals surface area contributed by atoms with Gasteiger partial charge in [-0.25, -0.2) is 4.39 Å². The molecule has 2 aromatic rings. The third kappa shape index (κ3) is 4.25. The largest absolute Gasteiger partial charge is 0.435 e. The van der Waals surface area contributed by atoms with E-state index in [0.29, 0.717) is 0 Å². The lowest BCUT2D eigenvalue weighted by Crippen LogP contribution is -2.29. The van der Waals surface area contributed by atoms with Crippen LogP contribution < -0.4 is 4.74 Å². The third-order valence-corrected chi connectivity index (χ3v) is 3.56. The standard InChI is InChI=1S/C17H16F3NO2/c1-11(12-6-8-14(18)9-7-12)21(2)16(22)13-4-3-5-15(10-13)23-17(19)20/h3-11,17H,1-2H3. The summed E-state index contributed by atoms with van der Waals surface area (Å²) >= 11 is 0. The van der Waals surface area contributed by atoms with Crippen molar-refractivity contribution in [3.63, 3.8) is 0 Å². The number of rotatable bonds is 5. The highest BCUT2D eigenvalue weighted by molar-refractivity contribution is 5.94. The van der Waals surface area contributed by atoms with Crippen molar-refractivity contribution < 1.29 is 22.7 Å². The molecule has 23 heavy (non-hydrogen) atoms. The Morgan fingerprint density at radius 2 is 1.78 bits per heavy atom. The highest BCUT2D eigenvalue weighted by Gasteiger charge is 2.19. The summed E-state index contributed by atoms with van der Waals surface area (Å²) in [4.78, 5) is 13.9. The van der Waals surface area contributed by atoms with E-state index >= 15 is 0 Å². The van der Waals surface area contributed by atoms with Crippen molar-refractivity contribution in [1.29, 1.82) is 0 Å². The number of carbonyl (C=O) groups is 1. The Bertz CT molecular complexity index is 674. The molecular formula is C17H16F3NO2. The molecule has 0 N–H and O–H groups in total. The first kappa shape index (κ1) is 16.9. The van der Waals surface area contributed by atoms with E-state index in [9.17, 15) is 18.0 Å². The van der Waals surface area contributed by atoms with Gasteiger partial charge in [0.05, 0.1) is 6.04 Å². The van der Waals surface area contributed by atoms with Crippen molar-refractivity contribution in [2.24, 2.45) is 0 Å². The smallest absolute Gasteiger partial charge is 0.387 e. The van der Waals surface area contributed by atoms with E-state index in [-0.39, 0.29) is 29.1 Å². The molecule has 3 nitrogen and oxygen atoms in total. The Labute approximate surface area is 132 Å². The monoisotopic (exact) mass is 323 g/mol. The molecule has 0 radical (unpaired) electrons. The van der Waals surface area contributed by atoms with Crippen LogP contribution in [0.3, 0.4) is 0 Å². The molecule has 1 amide bonds. The molecule has 6 heteroatoms. The topological polar surface area (TPSA) is 29.5 Å². The summed E-state index contributed by atoms with van der Waals surface area (Å²) in [6, 6.07) is 11.1. The summed E-state index contributed by atoms with van der Waals surface area (Å²) in [5, 5.41) is 0. The van der Waals surface area contributed by atoms with Gasteiger partial charge in [0.2, 0.25) is 0 Å². The molecule has 1 atom stereocenters. The van der Waals surface area contributed by atoms with Crippen molar-refractivity contribution in [1.82, 2.24) is 4.90 Å². The van der Waals surface area contributed by atoms with Gasteiger partial charge in [0.15, 0.2) is 0 Å². The van der Waals surface area contributed by atoms with E-state index in [1.807, 2.05) is 0 Å². The average molecular weight is 323 g/mol. The summed E-state index contributed by atoms with van der Waals surface area (Å²) in [5.41, 5.74) is 1.00. The fraction of sp³-hybridized carbons (Fsp3) is 0.235. The predicted octanol–water partition coefficient (Wildman–Crippen LogP) is 4.26. The molecule has 0 aromatic heterocycles. The average Bonchev–Trinajstić information content (AvgIpc) is 2.53. The van der Waals surface area contributed by atoms with Gasteiger partial charge in [0.1, 0.15) is 11.6 Å². The molecule has 0 saturated carbocycles. The molecule has 0 heterocycles. The molecule has 122 valence electrons. The molecule has 2 rings (SSSR count). The van der Waals surface area contributed by atoms with E-state index in [1.54, 1.807) is 26.1 Å². The molecule has 0 aliphatic carbocycles. The second-order valence-corrected chi connectivity index (χ2v) is 5.05. The summed E-state index contributed by atoms with van der Waals surface area (Å²) in [6.45, 7) is -1.15. The van der Waals surface area contributed by atoms with E-state index in [1.165, 1.54) is 41.3 Å². The van der Waals surface area contributed by atoms with E-state index in [4.69, 9.17) is 0 Å². The number of nitrogens with zero attached hydrogens (tertiary/aromatic N) is 1. The van der Waals surface area contributed by atoms with Crippen LogP contribution in [-0.2, 0) is 0 Å². The van der Waals surface area contributed by atoms with Crippen LogP contribution in [0.2, 0.25) is 0 Å². The van der Waals surface area contributed by atoms with Crippen LogP contribution >= 0.6 is 0 Å². The highest BCUT2D eigenvalue weighted by Crippen LogP contribution is 2.23. The van der Waals surface area contributed by atoms with Gasteiger partial charge in [-0.2, -0.15) is 8.78 Å². The molecule has 0 aliphatic heterocycles. The van der Waals surface area contributed by atoms with Gasteiger partial charge in [-0.15, -0.1) is 0 Å². The van der Waals surface area contributed by atoms with Gasteiger partial charge >= 0.3 is 6.61 Å². The van der Waals surface area contributed by atoms with E-state index < -0.39 is 6.61 Å². The maximum absolute atomic E-state index is 13.0. The van der Waals surface area contributed by atoms with Gasteiger partial charge in [-0.1, -0.05) is 18.2 Å². The molecule has 0 fully saturated rings. The lowest BCUT2D eigenvalue weighted by atomic mass is 10.1. The van der Waals surface area contributed by atoms with Gasteiger partial charge in [-0.05, 0) is 42.8 Å². The molecule has 0 aliphatic rings. The second-order valence-electron chi connectivity index (χ2n) is 5.05. The molecule has 0 spiro atoms. The maximum Gasteiger partial charge on any atom is 0.387 e. The zero-order chi connectivity index (χ0) is 17.0. The number of carbonyl (C=O) groups excluding carboxylic acids is 1. The Morgan fingerprint density at radius 1 is 1.13 bits per heavy atom. The van der Waals surface area contributed by atoms with Crippen molar-refractivity contribution in [3.8, 4) is 5.75 Å². The maximum atomic E-state index is 13.0. The zero-order valence-corrected chi connectivity index (χ0v) is 12.7. The fourth-order valence-corrected chi connectivity index (χ4v) is 2.15. The number of amides is 1. The number of benzene rings is 2. The number of halogens is 3. The Morgan fingerprint density at radius 3 is 2.39 bits per heavy atom. The molecule has 0 bridgehead atoms. The third-order valence-electron chi connectivity index (χ3n) is 3.56. The fourth-order valence-electron chi connectivity index (χ4n) is 2.15. The number of hydrogen-bond donors (Lipinski definition) is 0. The lowest BCUT2D eigenvalue weighted by Gasteiger charge is -2.25. The molecule has 2 aromatic carbocycles. The quantitative estimate of drug-likeness (QED) is 0.823. The van der Waals surface area contributed by atoms with Crippen LogP contribution in [0.5, 0.6) is 5.75 Å². The number of ether oxygens (including phenoxy) is 1. The molecule has 0 saturated heterocycles. The van der Waals surface area contributed by atoms with Crippen LogP contribution in [0, 0.1) is 5.82 Å². The number of alkyl halides is 2. The Balaban J connectivity index is 2.17. The predicted molar refractivity (Wildman–Crippen MR) is 80.0 cm³/mol. The van der Waals surface area contributed by atoms with E-state index in [0.717, 1.165) is 5.56 Å². The van der Waals surface area contributed by atoms with Crippen molar-refractivity contribution in [3.05, 3.63) is 65.5 Å². The Kier molecular flexibility index (Phi) is 5.26. The van der Waals surface area contributed by atoms with E-state index in [2.05, 4.69) is 4.74 Å². The van der Waals surface area contributed by atoms with Crippen molar-refractivity contribution in [2.45, 2.75) is 19.6 Å². The summed E-state index contributed by atoms with van der Waals surface area (Å²) in [6.07, 6.45) is 0. The van der Waals surface area contributed by atoms with Gasteiger partial charge < -0.3 is 9.64 Å². The van der Waals surface area contributed by atoms with Crippen molar-refractivity contribution >= 4 is 5.91 Å². The van der Waals surface area contributed by atoms with Crippen LogP contribution in [0.4, 0.5) is 13.2 Å². The van der Waals surface area contributed by atoms with Crippen LogP contribution in [0.25, 0.3) is 0 Å². The highest BCUT2D eigenvalue weighted by atomic mass is 19.3. The minimum Gasteiger partial charge on any atom is -0.435 e. The van der Waals surface area contributed by atoms with Gasteiger partial charge in [0.25, 0.3) is 5.91 Å². The SMILES string of the molecule is CC(c1ccc(F)cc1)N(C)C(=O)c1cccc(OC(F)F)c1. The first-order chi connectivity index (χ1) is 10.9. The van der Waals surface area contributed by atoms with Crippen molar-refractivity contribution in [2.75, 3.05) is 7.05 Å². The lowest BCUT2D eigenvalue weighted by molar-refractivity contribution is -0.0499. The zero-order valence-electron chi connectivity index (χ0n) is 12.7. The minimum absolute atomic E-state index is 0.0753. The second kappa shape index (κ2) is 7.17. The van der Waals surface area contributed by atoms with Gasteiger partial charge in [0, 0.05) is 12.6 Å². The summed E-state index contributed by atoms with van der Waals surface area (Å²) < 4.78 is 41.8. The summed E-state index contributed by atoms with van der Waals surface area (Å²) in [7, 11) is 1.59. The minimum atomic E-state index is -2.95. The molecular weight excluding hydrogens is 307 g/mol. The first-order valence-electron chi connectivity index (χ1n) is 6.96. The normalized spacial score (nSPS) is 12.1. The summed E-state index contributed by atoms with van der Waals surface area (Å²) in [5.74, 6) is -0.776. The van der Waals surface area contributed by atoms with Crippen LogP contribution in [-0.4, -0.2) is 24.5 Å². The number of hydrogen-bond acceptors (Lipinski definition) is 2. The van der Waals surface area contributed by atoms with Crippen LogP contribution in [0.15, 0.2) is 48.5 Å². The Hall–Kier alpha value is -2.50. The van der Waals surface area contributed by atoms with Crippen LogP contribution in [0.1, 0.15) is 28.9 Å². The first-order valence-corrected chi connectivity index (χ1v) is 6.96.